The molecule has 0 spiro atoms. The summed E-state index contributed by atoms with van der Waals surface area (Å²) in [6.45, 7) is 5.21. The van der Waals surface area contributed by atoms with Gasteiger partial charge in [0.15, 0.2) is 0 Å². The number of carbonyl (C=O) groups excluding carboxylic acids is 1. The number of hydrogen-bond acceptors (Lipinski definition) is 3. The van der Waals surface area contributed by atoms with Crippen molar-refractivity contribution >= 4 is 22.5 Å². The van der Waals surface area contributed by atoms with Crippen LogP contribution in [0.25, 0.3) is 0 Å². The third-order valence-corrected chi connectivity index (χ3v) is 3.00. The molecule has 16 heavy (non-hydrogen) atoms. The lowest BCUT2D eigenvalue weighted by molar-refractivity contribution is 0.108. The van der Waals surface area contributed by atoms with Gasteiger partial charge in [-0.25, -0.2) is 0 Å². The summed E-state index contributed by atoms with van der Waals surface area (Å²) in [4.78, 5) is 13.3. The molecule has 0 N–H and O–H groups in total. The highest BCUT2D eigenvalue weighted by Gasteiger charge is 2.13. The van der Waals surface area contributed by atoms with Crippen LogP contribution >= 0.6 is 11.6 Å². The van der Waals surface area contributed by atoms with E-state index in [1.807, 2.05) is 19.1 Å². The number of aryl methyl sites for hydroxylation is 1. The molecule has 0 atom stereocenters. The number of morpholine rings is 1. The van der Waals surface area contributed by atoms with Gasteiger partial charge in [-0.15, -0.1) is 0 Å². The number of ether oxygens (including phenoxy) is 1. The smallest absolute Gasteiger partial charge is 0.252 e. The largest absolute Gasteiger partial charge is 0.378 e. The molecule has 1 saturated heterocycles. The molecule has 3 nitrogen and oxygen atoms in total. The fourth-order valence-electron chi connectivity index (χ4n) is 1.89. The van der Waals surface area contributed by atoms with Crippen molar-refractivity contribution in [2.45, 2.75) is 6.92 Å². The first kappa shape index (κ1) is 11.4. The van der Waals surface area contributed by atoms with Gasteiger partial charge in [0, 0.05) is 24.3 Å². The highest BCUT2D eigenvalue weighted by molar-refractivity contribution is 6.67. The molecule has 1 aliphatic rings. The fourth-order valence-corrected chi connectivity index (χ4v) is 2.10. The van der Waals surface area contributed by atoms with Gasteiger partial charge in [-0.1, -0.05) is 0 Å². The molecule has 0 unspecified atom stereocenters. The Bertz CT molecular complexity index is 400. The van der Waals surface area contributed by atoms with Crippen molar-refractivity contribution in [1.82, 2.24) is 0 Å². The van der Waals surface area contributed by atoms with Crippen LogP contribution < -0.4 is 4.90 Å². The molecule has 0 aliphatic carbocycles. The second-order valence-corrected chi connectivity index (χ2v) is 4.22. The average molecular weight is 240 g/mol. The molecule has 2 rings (SSSR count). The Morgan fingerprint density at radius 1 is 1.38 bits per heavy atom. The highest BCUT2D eigenvalue weighted by atomic mass is 35.5. The summed E-state index contributed by atoms with van der Waals surface area (Å²) in [5.74, 6) is 0. The predicted molar refractivity (Wildman–Crippen MR) is 64.4 cm³/mol. The maximum Gasteiger partial charge on any atom is 0.252 e. The third-order valence-electron chi connectivity index (χ3n) is 2.80. The summed E-state index contributed by atoms with van der Waals surface area (Å²) in [6, 6.07) is 5.73. The summed E-state index contributed by atoms with van der Waals surface area (Å²) in [5, 5.41) is -0.397. The van der Waals surface area contributed by atoms with Gasteiger partial charge in [0.2, 0.25) is 0 Å². The molecule has 1 aromatic carbocycles. The molecule has 0 amide bonds. The van der Waals surface area contributed by atoms with Crippen LogP contribution in [0.3, 0.4) is 0 Å². The summed E-state index contributed by atoms with van der Waals surface area (Å²) in [5.41, 5.74) is 2.63. The van der Waals surface area contributed by atoms with Crippen LogP contribution in [0.2, 0.25) is 0 Å². The second kappa shape index (κ2) is 4.85. The maximum atomic E-state index is 11.1. The van der Waals surface area contributed by atoms with Crippen LogP contribution in [0, 0.1) is 6.92 Å². The minimum atomic E-state index is -0.397. The standard InChI is InChI=1S/C12H14ClNO2/c1-9-8-10(2-3-11(9)12(13)15)14-4-6-16-7-5-14/h2-3,8H,4-7H2,1H3. The Labute approximate surface area is 100.0 Å². The van der Waals surface area contributed by atoms with Crippen molar-refractivity contribution in [2.24, 2.45) is 0 Å². The molecule has 0 radical (unpaired) electrons. The Hall–Kier alpha value is -1.06. The minimum Gasteiger partial charge on any atom is -0.378 e. The molecule has 1 fully saturated rings. The third kappa shape index (κ3) is 2.36. The first-order chi connectivity index (χ1) is 7.68. The lowest BCUT2D eigenvalue weighted by atomic mass is 10.1. The van der Waals surface area contributed by atoms with Crippen molar-refractivity contribution in [3.8, 4) is 0 Å². The van der Waals surface area contributed by atoms with E-state index < -0.39 is 5.24 Å². The predicted octanol–water partition coefficient (Wildman–Crippen LogP) is 2.21. The SMILES string of the molecule is Cc1cc(N2CCOCC2)ccc1C(=O)Cl. The number of halogens is 1. The van der Waals surface area contributed by atoms with E-state index >= 15 is 0 Å². The van der Waals surface area contributed by atoms with Gasteiger partial charge in [-0.2, -0.15) is 0 Å². The molecule has 1 aliphatic heterocycles. The molecular formula is C12H14ClNO2. The zero-order chi connectivity index (χ0) is 11.5. The minimum absolute atomic E-state index is 0.397. The lowest BCUT2D eigenvalue weighted by Gasteiger charge is -2.29. The quantitative estimate of drug-likeness (QED) is 0.742. The number of rotatable bonds is 2. The monoisotopic (exact) mass is 239 g/mol. The highest BCUT2D eigenvalue weighted by Crippen LogP contribution is 2.21. The fraction of sp³-hybridized carbons (Fsp3) is 0.417. The average Bonchev–Trinajstić information content (AvgIpc) is 2.29. The van der Waals surface area contributed by atoms with Crippen molar-refractivity contribution in [3.63, 3.8) is 0 Å². The van der Waals surface area contributed by atoms with Gasteiger partial charge in [0.05, 0.1) is 13.2 Å². The van der Waals surface area contributed by atoms with E-state index in [9.17, 15) is 4.79 Å². The number of hydrogen-bond donors (Lipinski definition) is 0. The number of benzene rings is 1. The van der Waals surface area contributed by atoms with Gasteiger partial charge in [0.1, 0.15) is 0 Å². The van der Waals surface area contributed by atoms with E-state index in [0.29, 0.717) is 5.56 Å². The van der Waals surface area contributed by atoms with E-state index in [4.69, 9.17) is 16.3 Å². The molecule has 1 heterocycles. The molecule has 0 saturated carbocycles. The maximum absolute atomic E-state index is 11.1. The molecule has 4 heteroatoms. The molecule has 0 bridgehead atoms. The lowest BCUT2D eigenvalue weighted by Crippen LogP contribution is -2.36. The van der Waals surface area contributed by atoms with Crippen molar-refractivity contribution in [3.05, 3.63) is 29.3 Å². The first-order valence-corrected chi connectivity index (χ1v) is 5.69. The van der Waals surface area contributed by atoms with Gasteiger partial charge < -0.3 is 9.64 Å². The Morgan fingerprint density at radius 2 is 2.06 bits per heavy atom. The van der Waals surface area contributed by atoms with Crippen LogP contribution in [0.15, 0.2) is 18.2 Å². The molecule has 86 valence electrons. The second-order valence-electron chi connectivity index (χ2n) is 3.87. The molecule has 1 aromatic rings. The Kier molecular flexibility index (Phi) is 3.46. The normalized spacial score (nSPS) is 16.2. The summed E-state index contributed by atoms with van der Waals surface area (Å²) >= 11 is 5.47. The van der Waals surface area contributed by atoms with Crippen LogP contribution in [0.4, 0.5) is 5.69 Å². The molecular weight excluding hydrogens is 226 g/mol. The first-order valence-electron chi connectivity index (χ1n) is 5.31. The van der Waals surface area contributed by atoms with Crippen LogP contribution in [0.1, 0.15) is 15.9 Å². The van der Waals surface area contributed by atoms with E-state index in [-0.39, 0.29) is 0 Å². The van der Waals surface area contributed by atoms with E-state index in [1.54, 1.807) is 6.07 Å². The Balaban J connectivity index is 2.23. The topological polar surface area (TPSA) is 29.5 Å². The van der Waals surface area contributed by atoms with Crippen molar-refractivity contribution in [1.29, 1.82) is 0 Å². The van der Waals surface area contributed by atoms with Gasteiger partial charge >= 0.3 is 0 Å². The summed E-state index contributed by atoms with van der Waals surface area (Å²) in [7, 11) is 0. The Morgan fingerprint density at radius 3 is 2.62 bits per heavy atom. The van der Waals surface area contributed by atoms with Crippen LogP contribution in [-0.2, 0) is 4.74 Å². The zero-order valence-electron chi connectivity index (χ0n) is 9.20. The van der Waals surface area contributed by atoms with Gasteiger partial charge in [-0.3, -0.25) is 4.79 Å². The van der Waals surface area contributed by atoms with Gasteiger partial charge in [-0.05, 0) is 42.3 Å². The van der Waals surface area contributed by atoms with Crippen molar-refractivity contribution in [2.75, 3.05) is 31.2 Å². The van der Waals surface area contributed by atoms with Crippen molar-refractivity contribution < 1.29 is 9.53 Å². The zero-order valence-corrected chi connectivity index (χ0v) is 9.96. The van der Waals surface area contributed by atoms with E-state index in [0.717, 1.165) is 37.6 Å². The van der Waals surface area contributed by atoms with E-state index in [1.165, 1.54) is 0 Å². The summed E-state index contributed by atoms with van der Waals surface area (Å²) < 4.78 is 5.30. The molecule has 0 aromatic heterocycles. The summed E-state index contributed by atoms with van der Waals surface area (Å²) in [6.07, 6.45) is 0. The number of nitrogens with zero attached hydrogens (tertiary/aromatic N) is 1. The van der Waals surface area contributed by atoms with E-state index in [2.05, 4.69) is 4.90 Å². The van der Waals surface area contributed by atoms with Crippen LogP contribution in [0.5, 0.6) is 0 Å². The number of carbonyl (C=O) groups is 1. The van der Waals surface area contributed by atoms with Gasteiger partial charge in [0.25, 0.3) is 5.24 Å². The number of anilines is 1. The van der Waals surface area contributed by atoms with Crippen LogP contribution in [-0.4, -0.2) is 31.5 Å².